The normalized spacial score (nSPS) is 11.5. The number of rotatable bonds is 2. The Bertz CT molecular complexity index is 1010. The van der Waals surface area contributed by atoms with Crippen LogP contribution in [-0.4, -0.2) is 21.6 Å². The number of para-hydroxylation sites is 2. The van der Waals surface area contributed by atoms with E-state index >= 15 is 0 Å². The fraction of sp³-hybridized carbons (Fsp3) is 0.0588. The monoisotopic (exact) mass is 363 g/mol. The maximum atomic E-state index is 13.3. The minimum Gasteiger partial charge on any atom is -0.494 e. The predicted molar refractivity (Wildman–Crippen MR) is 88.0 cm³/mol. The second kappa shape index (κ2) is 6.10. The second-order valence-electron chi connectivity index (χ2n) is 5.39. The van der Waals surface area contributed by atoms with Crippen molar-refractivity contribution in [3.8, 4) is 5.88 Å². The zero-order valence-electron chi connectivity index (χ0n) is 13.0. The SMILES string of the molecule is NC(=O)n1c(O)c(C(=O)Nc2ccccc2)c2cccc(C(F)(F)F)c21. The summed E-state index contributed by atoms with van der Waals surface area (Å²) in [4.78, 5) is 24.2. The van der Waals surface area contributed by atoms with E-state index in [2.05, 4.69) is 5.32 Å². The highest BCUT2D eigenvalue weighted by Crippen LogP contribution is 2.40. The molecule has 0 radical (unpaired) electrons. The summed E-state index contributed by atoms with van der Waals surface area (Å²) in [7, 11) is 0. The number of halogens is 3. The number of nitrogens with one attached hydrogen (secondary N) is 1. The number of hydrogen-bond donors (Lipinski definition) is 3. The fourth-order valence-electron chi connectivity index (χ4n) is 2.71. The second-order valence-corrected chi connectivity index (χ2v) is 5.39. The Morgan fingerprint density at radius 2 is 1.69 bits per heavy atom. The van der Waals surface area contributed by atoms with Gasteiger partial charge in [0, 0.05) is 11.1 Å². The summed E-state index contributed by atoms with van der Waals surface area (Å²) in [6.45, 7) is 0. The molecule has 4 N–H and O–H groups in total. The van der Waals surface area contributed by atoms with Crippen LogP contribution in [0.2, 0.25) is 0 Å². The number of carbonyl (C=O) groups is 2. The van der Waals surface area contributed by atoms with Gasteiger partial charge in [-0.1, -0.05) is 30.3 Å². The average Bonchev–Trinajstić information content (AvgIpc) is 2.86. The van der Waals surface area contributed by atoms with Crippen LogP contribution in [0.15, 0.2) is 48.5 Å². The van der Waals surface area contributed by atoms with Crippen molar-refractivity contribution in [3.63, 3.8) is 0 Å². The molecule has 2 aromatic carbocycles. The molecule has 0 unspecified atom stereocenters. The lowest BCUT2D eigenvalue weighted by atomic mass is 10.1. The first-order valence-corrected chi connectivity index (χ1v) is 7.31. The number of anilines is 1. The number of alkyl halides is 3. The van der Waals surface area contributed by atoms with Crippen LogP contribution in [0.5, 0.6) is 5.88 Å². The summed E-state index contributed by atoms with van der Waals surface area (Å²) in [6.07, 6.45) is -4.81. The number of nitrogens with two attached hydrogens (primary N) is 1. The molecule has 0 atom stereocenters. The lowest BCUT2D eigenvalue weighted by Gasteiger charge is -2.10. The van der Waals surface area contributed by atoms with E-state index in [1.807, 2.05) is 0 Å². The first kappa shape index (κ1) is 17.3. The summed E-state index contributed by atoms with van der Waals surface area (Å²) in [5.74, 6) is -1.84. The highest BCUT2D eigenvalue weighted by molar-refractivity contribution is 6.17. The van der Waals surface area contributed by atoms with Crippen molar-refractivity contribution in [3.05, 3.63) is 59.7 Å². The first-order chi connectivity index (χ1) is 12.2. The number of benzene rings is 2. The molecule has 0 spiro atoms. The molecule has 26 heavy (non-hydrogen) atoms. The molecule has 6 nitrogen and oxygen atoms in total. The van der Waals surface area contributed by atoms with Gasteiger partial charge >= 0.3 is 12.2 Å². The Kier molecular flexibility index (Phi) is 4.07. The molecule has 3 rings (SSSR count). The Labute approximate surface area is 144 Å². The Morgan fingerprint density at radius 1 is 1.04 bits per heavy atom. The third kappa shape index (κ3) is 2.83. The molecule has 0 aliphatic heterocycles. The number of amides is 2. The number of hydrogen-bond acceptors (Lipinski definition) is 3. The molecule has 2 amide bonds. The maximum Gasteiger partial charge on any atom is 0.418 e. The number of primary amides is 1. The lowest BCUT2D eigenvalue weighted by Crippen LogP contribution is -2.21. The van der Waals surface area contributed by atoms with Gasteiger partial charge in [0.25, 0.3) is 5.91 Å². The van der Waals surface area contributed by atoms with Gasteiger partial charge in [-0.3, -0.25) is 4.79 Å². The molecule has 0 bridgehead atoms. The molecule has 0 fully saturated rings. The van der Waals surface area contributed by atoms with Crippen LogP contribution in [-0.2, 0) is 6.18 Å². The van der Waals surface area contributed by atoms with Crippen LogP contribution >= 0.6 is 0 Å². The van der Waals surface area contributed by atoms with Crippen molar-refractivity contribution in [1.29, 1.82) is 0 Å². The average molecular weight is 363 g/mol. The van der Waals surface area contributed by atoms with Crippen molar-refractivity contribution < 1.29 is 27.9 Å². The van der Waals surface area contributed by atoms with Crippen molar-refractivity contribution in [2.24, 2.45) is 5.73 Å². The minimum atomic E-state index is -4.81. The number of fused-ring (bicyclic) bond motifs is 1. The molecule has 1 heterocycles. The quantitative estimate of drug-likeness (QED) is 0.649. The standard InChI is InChI=1S/C17H12F3N3O3/c18-17(19,20)11-8-4-7-10-12(15(25)23(13(10)11)16(21)26)14(24)22-9-5-2-1-3-6-9/h1-8,25H,(H2,21,26)(H,22,24). The summed E-state index contributed by atoms with van der Waals surface area (Å²) < 4.78 is 40.2. The van der Waals surface area contributed by atoms with Gasteiger partial charge in [0.15, 0.2) is 0 Å². The zero-order valence-corrected chi connectivity index (χ0v) is 13.0. The first-order valence-electron chi connectivity index (χ1n) is 7.31. The summed E-state index contributed by atoms with van der Waals surface area (Å²) in [5, 5.41) is 12.5. The van der Waals surface area contributed by atoms with E-state index in [1.54, 1.807) is 30.3 Å². The molecule has 0 saturated carbocycles. The third-order valence-corrected chi connectivity index (χ3v) is 3.75. The van der Waals surface area contributed by atoms with E-state index in [1.165, 1.54) is 6.07 Å². The molecule has 3 aromatic rings. The largest absolute Gasteiger partial charge is 0.494 e. The van der Waals surface area contributed by atoms with Crippen LogP contribution in [0, 0.1) is 0 Å². The van der Waals surface area contributed by atoms with Crippen molar-refractivity contribution in [1.82, 2.24) is 4.57 Å². The van der Waals surface area contributed by atoms with Crippen LogP contribution < -0.4 is 11.1 Å². The molecule has 0 aliphatic rings. The highest BCUT2D eigenvalue weighted by atomic mass is 19.4. The zero-order chi connectivity index (χ0) is 19.1. The van der Waals surface area contributed by atoms with Gasteiger partial charge in [0.1, 0.15) is 5.56 Å². The summed E-state index contributed by atoms with van der Waals surface area (Å²) in [5.41, 5.74) is 3.14. The van der Waals surface area contributed by atoms with Gasteiger partial charge < -0.3 is 16.2 Å². The lowest BCUT2D eigenvalue weighted by molar-refractivity contribution is -0.136. The predicted octanol–water partition coefficient (Wildman–Crippen LogP) is 3.54. The molecule has 0 aliphatic carbocycles. The molecule has 134 valence electrons. The fourth-order valence-corrected chi connectivity index (χ4v) is 2.71. The topological polar surface area (TPSA) is 97.3 Å². The van der Waals surface area contributed by atoms with Gasteiger partial charge in [-0.15, -0.1) is 0 Å². The number of aromatic nitrogens is 1. The van der Waals surface area contributed by atoms with Crippen LogP contribution in [0.1, 0.15) is 15.9 Å². The summed E-state index contributed by atoms with van der Waals surface area (Å²) >= 11 is 0. The van der Waals surface area contributed by atoms with E-state index < -0.39 is 40.6 Å². The number of nitrogens with zero attached hydrogens (tertiary/aromatic N) is 1. The van der Waals surface area contributed by atoms with E-state index in [0.717, 1.165) is 12.1 Å². The maximum absolute atomic E-state index is 13.3. The Hall–Kier alpha value is -3.49. The van der Waals surface area contributed by atoms with Crippen LogP contribution in [0.4, 0.5) is 23.7 Å². The van der Waals surface area contributed by atoms with E-state index in [-0.39, 0.29) is 9.95 Å². The minimum absolute atomic E-state index is 0.246. The van der Waals surface area contributed by atoms with E-state index in [0.29, 0.717) is 5.69 Å². The van der Waals surface area contributed by atoms with Crippen molar-refractivity contribution in [2.45, 2.75) is 6.18 Å². The van der Waals surface area contributed by atoms with Gasteiger partial charge in [0.2, 0.25) is 5.88 Å². The van der Waals surface area contributed by atoms with E-state index in [9.17, 15) is 27.9 Å². The van der Waals surface area contributed by atoms with Crippen LogP contribution in [0.3, 0.4) is 0 Å². The molecular formula is C17H12F3N3O3. The van der Waals surface area contributed by atoms with Crippen molar-refractivity contribution in [2.75, 3.05) is 5.32 Å². The smallest absolute Gasteiger partial charge is 0.418 e. The number of aromatic hydroxyl groups is 1. The molecular weight excluding hydrogens is 351 g/mol. The Balaban J connectivity index is 2.25. The van der Waals surface area contributed by atoms with Gasteiger partial charge in [0.05, 0.1) is 11.1 Å². The van der Waals surface area contributed by atoms with E-state index in [4.69, 9.17) is 5.73 Å². The van der Waals surface area contributed by atoms with Gasteiger partial charge in [-0.25, -0.2) is 9.36 Å². The Morgan fingerprint density at radius 3 is 2.27 bits per heavy atom. The third-order valence-electron chi connectivity index (χ3n) is 3.75. The van der Waals surface area contributed by atoms with Gasteiger partial charge in [-0.05, 0) is 18.2 Å². The highest BCUT2D eigenvalue weighted by Gasteiger charge is 2.37. The van der Waals surface area contributed by atoms with Gasteiger partial charge in [-0.2, -0.15) is 13.2 Å². The molecule has 0 saturated heterocycles. The van der Waals surface area contributed by atoms with Crippen LogP contribution in [0.25, 0.3) is 10.9 Å². The van der Waals surface area contributed by atoms with Crippen molar-refractivity contribution >= 4 is 28.5 Å². The molecule has 1 aromatic heterocycles. The number of carbonyl (C=O) groups excluding carboxylic acids is 2. The molecule has 9 heteroatoms. The summed E-state index contributed by atoms with van der Waals surface area (Å²) in [6, 6.07) is 9.78.